The molecule has 0 spiro atoms. The first-order valence-electron chi connectivity index (χ1n) is 6.85. The van der Waals surface area contributed by atoms with E-state index in [1.165, 1.54) is 6.07 Å². The van der Waals surface area contributed by atoms with Crippen LogP contribution in [0.15, 0.2) is 23.0 Å². The Morgan fingerprint density at radius 1 is 1.14 bits per heavy atom. The predicted octanol–water partition coefficient (Wildman–Crippen LogP) is 2.80. The average Bonchev–Trinajstić information content (AvgIpc) is 2.74. The topological polar surface area (TPSA) is 75.0 Å². The predicted molar refractivity (Wildman–Crippen MR) is 81.9 cm³/mol. The second-order valence-electron chi connectivity index (χ2n) is 5.05. The van der Waals surface area contributed by atoms with Crippen LogP contribution < -0.4 is 5.43 Å². The van der Waals surface area contributed by atoms with Crippen molar-refractivity contribution < 1.29 is 9.53 Å². The number of fused-ring (bicyclic) bond motifs is 3. The molecule has 2 aromatic heterocycles. The molecule has 0 aliphatic heterocycles. The van der Waals surface area contributed by atoms with Gasteiger partial charge in [0.25, 0.3) is 0 Å². The number of esters is 1. The molecule has 108 valence electrons. The summed E-state index contributed by atoms with van der Waals surface area (Å²) in [4.78, 5) is 30.5. The fourth-order valence-corrected chi connectivity index (χ4v) is 2.64. The molecule has 3 rings (SSSR count). The van der Waals surface area contributed by atoms with Gasteiger partial charge in [0.1, 0.15) is 5.69 Å². The third kappa shape index (κ3) is 2.01. The monoisotopic (exact) mass is 284 g/mol. The quantitative estimate of drug-likeness (QED) is 0.710. The van der Waals surface area contributed by atoms with E-state index in [0.717, 1.165) is 22.2 Å². The highest BCUT2D eigenvalue weighted by Gasteiger charge is 2.15. The van der Waals surface area contributed by atoms with Crippen molar-refractivity contribution in [2.24, 2.45) is 0 Å². The lowest BCUT2D eigenvalue weighted by atomic mass is 10.1. The first-order valence-corrected chi connectivity index (χ1v) is 6.85. The van der Waals surface area contributed by atoms with E-state index in [-0.39, 0.29) is 17.7 Å². The molecule has 5 heteroatoms. The number of rotatable bonds is 2. The van der Waals surface area contributed by atoms with Crippen molar-refractivity contribution in [3.63, 3.8) is 0 Å². The molecule has 0 bridgehead atoms. The molecule has 5 nitrogen and oxygen atoms in total. The zero-order valence-corrected chi connectivity index (χ0v) is 12.2. The zero-order valence-electron chi connectivity index (χ0n) is 12.2. The van der Waals surface area contributed by atoms with E-state index in [1.807, 2.05) is 19.9 Å². The van der Waals surface area contributed by atoms with Crippen LogP contribution >= 0.6 is 0 Å². The summed E-state index contributed by atoms with van der Waals surface area (Å²) in [6.45, 7) is 5.95. The Kier molecular flexibility index (Phi) is 3.05. The Bertz CT molecular complexity index is 919. The molecule has 0 unspecified atom stereocenters. The number of aromatic nitrogens is 2. The van der Waals surface area contributed by atoms with E-state index in [1.54, 1.807) is 13.0 Å². The summed E-state index contributed by atoms with van der Waals surface area (Å²) in [7, 11) is 0. The second kappa shape index (κ2) is 4.77. The third-order valence-electron chi connectivity index (χ3n) is 3.75. The minimum atomic E-state index is -0.515. The van der Waals surface area contributed by atoms with Crippen molar-refractivity contribution in [2.45, 2.75) is 20.8 Å². The molecule has 0 aliphatic carbocycles. The molecular weight excluding hydrogens is 268 g/mol. The lowest BCUT2D eigenvalue weighted by Crippen LogP contribution is -2.12. The Balaban J connectivity index is 2.36. The smallest absolute Gasteiger partial charge is 0.354 e. The molecule has 0 saturated carbocycles. The fraction of sp³-hybridized carbons (Fsp3) is 0.250. The number of pyridine rings is 1. The van der Waals surface area contributed by atoms with Gasteiger partial charge in [0.2, 0.25) is 0 Å². The van der Waals surface area contributed by atoms with Gasteiger partial charge in [-0.2, -0.15) is 0 Å². The summed E-state index contributed by atoms with van der Waals surface area (Å²) in [6.07, 6.45) is 0. The van der Waals surface area contributed by atoms with Crippen LogP contribution in [0.25, 0.3) is 21.8 Å². The van der Waals surface area contributed by atoms with Crippen LogP contribution in [0.5, 0.6) is 0 Å². The molecular formula is C16H16N2O3. The molecule has 0 aliphatic rings. The summed E-state index contributed by atoms with van der Waals surface area (Å²) in [6, 6.07) is 5.02. The maximum absolute atomic E-state index is 12.4. The number of aryl methyl sites for hydroxylation is 2. The van der Waals surface area contributed by atoms with Crippen LogP contribution in [0.1, 0.15) is 28.7 Å². The number of nitrogens with one attached hydrogen (secondary N) is 2. The van der Waals surface area contributed by atoms with Crippen molar-refractivity contribution in [1.29, 1.82) is 0 Å². The molecule has 2 N–H and O–H groups in total. The maximum Gasteiger partial charge on any atom is 0.354 e. The van der Waals surface area contributed by atoms with Gasteiger partial charge in [0.15, 0.2) is 5.43 Å². The lowest BCUT2D eigenvalue weighted by molar-refractivity contribution is 0.0520. The van der Waals surface area contributed by atoms with E-state index >= 15 is 0 Å². The highest BCUT2D eigenvalue weighted by Crippen LogP contribution is 2.27. The van der Waals surface area contributed by atoms with Crippen LogP contribution in [0, 0.1) is 13.8 Å². The number of hydrogen-bond acceptors (Lipinski definition) is 3. The number of carbonyl (C=O) groups is 1. The summed E-state index contributed by atoms with van der Waals surface area (Å²) >= 11 is 0. The number of hydrogen-bond donors (Lipinski definition) is 2. The van der Waals surface area contributed by atoms with E-state index in [9.17, 15) is 9.59 Å². The first kappa shape index (κ1) is 13.4. The van der Waals surface area contributed by atoms with E-state index in [4.69, 9.17) is 4.74 Å². The van der Waals surface area contributed by atoms with Crippen molar-refractivity contribution in [3.05, 3.63) is 45.4 Å². The number of H-pyrrole nitrogens is 2. The van der Waals surface area contributed by atoms with Crippen molar-refractivity contribution in [1.82, 2.24) is 9.97 Å². The number of benzene rings is 1. The van der Waals surface area contributed by atoms with Gasteiger partial charge in [-0.05, 0) is 38.5 Å². The van der Waals surface area contributed by atoms with Gasteiger partial charge in [-0.15, -0.1) is 0 Å². The number of ether oxygens (including phenoxy) is 1. The van der Waals surface area contributed by atoms with Gasteiger partial charge in [-0.3, -0.25) is 4.79 Å². The standard InChI is InChI=1S/C16H16N2O3/c1-4-21-16(20)12-7-13(19)15-11(18-12)6-5-10-14(15)8(2)9(3)17-10/h5-7,17H,4H2,1-3H3,(H,18,19). The molecule has 0 radical (unpaired) electrons. The van der Waals surface area contributed by atoms with Crippen molar-refractivity contribution >= 4 is 27.8 Å². The van der Waals surface area contributed by atoms with Crippen LogP contribution in [-0.4, -0.2) is 22.5 Å². The number of carbonyl (C=O) groups excluding carboxylic acids is 1. The Morgan fingerprint density at radius 2 is 1.81 bits per heavy atom. The third-order valence-corrected chi connectivity index (χ3v) is 3.75. The summed E-state index contributed by atoms with van der Waals surface area (Å²) in [5.41, 5.74) is 3.64. The maximum atomic E-state index is 12.4. The normalized spacial score (nSPS) is 11.2. The summed E-state index contributed by atoms with van der Waals surface area (Å²) < 4.78 is 4.93. The van der Waals surface area contributed by atoms with Gasteiger partial charge in [0.05, 0.1) is 17.5 Å². The largest absolute Gasteiger partial charge is 0.461 e. The Labute approximate surface area is 120 Å². The molecule has 0 amide bonds. The fourth-order valence-electron chi connectivity index (χ4n) is 2.64. The van der Waals surface area contributed by atoms with Crippen molar-refractivity contribution in [3.8, 4) is 0 Å². The second-order valence-corrected chi connectivity index (χ2v) is 5.05. The highest BCUT2D eigenvalue weighted by molar-refractivity contribution is 6.08. The molecule has 0 fully saturated rings. The number of aromatic amines is 2. The van der Waals surface area contributed by atoms with Gasteiger partial charge in [0, 0.05) is 22.7 Å². The van der Waals surface area contributed by atoms with E-state index < -0.39 is 5.97 Å². The Morgan fingerprint density at radius 3 is 2.48 bits per heavy atom. The SMILES string of the molecule is CCOC(=O)c1cc(=O)c2c(ccc3[nH]c(C)c(C)c32)[nH]1. The van der Waals surface area contributed by atoms with E-state index in [2.05, 4.69) is 9.97 Å². The molecule has 21 heavy (non-hydrogen) atoms. The first-order chi connectivity index (χ1) is 10.0. The Hall–Kier alpha value is -2.56. The van der Waals surface area contributed by atoms with Gasteiger partial charge in [-0.25, -0.2) is 4.79 Å². The van der Waals surface area contributed by atoms with Crippen LogP contribution in [0.4, 0.5) is 0 Å². The zero-order chi connectivity index (χ0) is 15.1. The molecule has 0 atom stereocenters. The molecule has 1 aromatic carbocycles. The van der Waals surface area contributed by atoms with Crippen LogP contribution in [0.3, 0.4) is 0 Å². The van der Waals surface area contributed by atoms with E-state index in [0.29, 0.717) is 10.9 Å². The molecule has 2 heterocycles. The summed E-state index contributed by atoms with van der Waals surface area (Å²) in [5, 5.41) is 1.50. The van der Waals surface area contributed by atoms with Gasteiger partial charge in [-0.1, -0.05) is 0 Å². The minimum absolute atomic E-state index is 0.179. The van der Waals surface area contributed by atoms with Crippen LogP contribution in [-0.2, 0) is 4.74 Å². The lowest BCUT2D eigenvalue weighted by Gasteiger charge is -2.05. The molecule has 0 saturated heterocycles. The molecule has 3 aromatic rings. The van der Waals surface area contributed by atoms with Crippen LogP contribution in [0.2, 0.25) is 0 Å². The summed E-state index contributed by atoms with van der Waals surface area (Å²) in [5.74, 6) is -0.515. The average molecular weight is 284 g/mol. The highest BCUT2D eigenvalue weighted by atomic mass is 16.5. The van der Waals surface area contributed by atoms with Gasteiger partial charge < -0.3 is 14.7 Å². The van der Waals surface area contributed by atoms with Crippen molar-refractivity contribution in [2.75, 3.05) is 6.61 Å². The minimum Gasteiger partial charge on any atom is -0.461 e. The van der Waals surface area contributed by atoms with Gasteiger partial charge >= 0.3 is 5.97 Å².